The van der Waals surface area contributed by atoms with Gasteiger partial charge in [-0.2, -0.15) is 0 Å². The molecule has 12 rings (SSSR count). The number of hydrogen-bond donors (Lipinski definition) is 0. The third-order valence-corrected chi connectivity index (χ3v) is 13.4. The zero-order valence-corrected chi connectivity index (χ0v) is 33.3. The molecule has 0 amide bonds. The molecule has 0 aliphatic heterocycles. The summed E-state index contributed by atoms with van der Waals surface area (Å²) in [6.45, 7) is 0. The lowest BCUT2D eigenvalue weighted by Crippen LogP contribution is -2.26. The Bertz CT molecular complexity index is 3190. The molecule has 0 radical (unpaired) electrons. The summed E-state index contributed by atoms with van der Waals surface area (Å²) in [6, 6.07) is 76.2. The van der Waals surface area contributed by atoms with E-state index < -0.39 is 5.41 Å². The lowest BCUT2D eigenvalue weighted by molar-refractivity contribution is 0.799. The lowest BCUT2D eigenvalue weighted by Gasteiger charge is -2.31. The zero-order valence-electron chi connectivity index (χ0n) is 32.5. The maximum absolute atomic E-state index is 5.10. The number of rotatable bonds is 6. The minimum Gasteiger partial charge on any atom is -0.208 e. The number of hydrogen-bond acceptors (Lipinski definition) is 4. The molecule has 0 bridgehead atoms. The van der Waals surface area contributed by atoms with E-state index in [0.29, 0.717) is 17.5 Å². The zero-order chi connectivity index (χ0) is 39.6. The van der Waals surface area contributed by atoms with Gasteiger partial charge >= 0.3 is 0 Å². The van der Waals surface area contributed by atoms with Crippen molar-refractivity contribution in [2.24, 2.45) is 0 Å². The first-order valence-electron chi connectivity index (χ1n) is 20.4. The van der Waals surface area contributed by atoms with Gasteiger partial charge in [0, 0.05) is 32.0 Å². The van der Waals surface area contributed by atoms with Crippen molar-refractivity contribution in [2.45, 2.75) is 5.41 Å². The molecule has 10 aromatic rings. The van der Waals surface area contributed by atoms with Crippen LogP contribution in [0, 0.1) is 0 Å². The van der Waals surface area contributed by atoms with E-state index in [1.165, 1.54) is 71.0 Å². The highest BCUT2D eigenvalue weighted by Crippen LogP contribution is 2.68. The van der Waals surface area contributed by atoms with Crippen LogP contribution in [-0.2, 0) is 5.41 Å². The molecule has 3 nitrogen and oxygen atoms in total. The van der Waals surface area contributed by atoms with Gasteiger partial charge in [-0.1, -0.05) is 206 Å². The predicted molar refractivity (Wildman–Crippen MR) is 247 cm³/mol. The Balaban J connectivity index is 1.10. The van der Waals surface area contributed by atoms with E-state index in [0.717, 1.165) is 22.3 Å². The molecule has 0 saturated heterocycles. The molecule has 2 aromatic heterocycles. The van der Waals surface area contributed by atoms with Gasteiger partial charge in [-0.3, -0.25) is 0 Å². The van der Waals surface area contributed by atoms with Crippen molar-refractivity contribution < 1.29 is 0 Å². The van der Waals surface area contributed by atoms with E-state index in [1.54, 1.807) is 0 Å². The summed E-state index contributed by atoms with van der Waals surface area (Å²) in [7, 11) is 0. The topological polar surface area (TPSA) is 38.7 Å². The maximum atomic E-state index is 5.10. The third-order valence-electron chi connectivity index (χ3n) is 12.2. The summed E-state index contributed by atoms with van der Waals surface area (Å²) in [5.41, 5.74) is 17.6. The molecule has 2 heterocycles. The first-order chi connectivity index (χ1) is 29.8. The first-order valence-corrected chi connectivity index (χ1v) is 21.2. The molecule has 1 spiro atoms. The van der Waals surface area contributed by atoms with Crippen molar-refractivity contribution in [1.82, 2.24) is 15.0 Å². The van der Waals surface area contributed by atoms with Gasteiger partial charge in [0.1, 0.15) is 0 Å². The maximum Gasteiger partial charge on any atom is 0.164 e. The Morgan fingerprint density at radius 1 is 0.300 bits per heavy atom. The summed E-state index contributed by atoms with van der Waals surface area (Å²) in [5, 5.41) is 0. The molecule has 280 valence electrons. The van der Waals surface area contributed by atoms with Gasteiger partial charge in [0.05, 0.1) is 5.41 Å². The van der Waals surface area contributed by atoms with Crippen LogP contribution in [0.3, 0.4) is 0 Å². The van der Waals surface area contributed by atoms with E-state index >= 15 is 0 Å². The van der Waals surface area contributed by atoms with Gasteiger partial charge in [-0.25, -0.2) is 15.0 Å². The highest BCUT2D eigenvalue weighted by atomic mass is 32.1. The fourth-order valence-electron chi connectivity index (χ4n) is 9.69. The fraction of sp³-hybridized carbons (Fsp3) is 0.0179. The van der Waals surface area contributed by atoms with Crippen LogP contribution in [-0.4, -0.2) is 15.0 Å². The van der Waals surface area contributed by atoms with E-state index in [-0.39, 0.29) is 0 Å². The second-order valence-electron chi connectivity index (χ2n) is 15.4. The van der Waals surface area contributed by atoms with E-state index in [2.05, 4.69) is 176 Å². The average molecular weight is 782 g/mol. The molecule has 2 aliphatic rings. The number of thiophene rings is 1. The summed E-state index contributed by atoms with van der Waals surface area (Å²) in [4.78, 5) is 17.8. The molecule has 0 N–H and O–H groups in total. The summed E-state index contributed by atoms with van der Waals surface area (Å²) >= 11 is 1.92. The SMILES string of the molecule is c1ccc(-c2nc(-c3ccccc3)nc(-c3cccc(-c4cccc5c4-c4ccccc4C54c5ccccc5-c5c(-c6ccccc6)sc(-c6ccccc6)c54)c3)n2)cc1. The number of nitrogens with zero attached hydrogens (tertiary/aromatic N) is 3. The van der Waals surface area contributed by atoms with Gasteiger partial charge < -0.3 is 0 Å². The van der Waals surface area contributed by atoms with Gasteiger partial charge in [0.15, 0.2) is 17.5 Å². The highest BCUT2D eigenvalue weighted by Gasteiger charge is 2.55. The molecule has 1 unspecified atom stereocenters. The van der Waals surface area contributed by atoms with Crippen LogP contribution < -0.4 is 0 Å². The third kappa shape index (κ3) is 5.18. The van der Waals surface area contributed by atoms with Crippen LogP contribution >= 0.6 is 11.3 Å². The molecular formula is C56H35N3S. The van der Waals surface area contributed by atoms with Crippen LogP contribution in [0.4, 0.5) is 0 Å². The smallest absolute Gasteiger partial charge is 0.164 e. The minimum atomic E-state index is -0.524. The van der Waals surface area contributed by atoms with E-state index in [1.807, 2.05) is 47.7 Å². The van der Waals surface area contributed by atoms with Gasteiger partial charge in [0.2, 0.25) is 0 Å². The minimum absolute atomic E-state index is 0.524. The van der Waals surface area contributed by atoms with Crippen molar-refractivity contribution in [2.75, 3.05) is 0 Å². The quantitative estimate of drug-likeness (QED) is 0.169. The Labute approximate surface area is 353 Å². The average Bonchev–Trinajstić information content (AvgIpc) is 3.97. The van der Waals surface area contributed by atoms with E-state index in [4.69, 9.17) is 15.0 Å². The first kappa shape index (κ1) is 34.5. The second kappa shape index (κ2) is 13.8. The van der Waals surface area contributed by atoms with Gasteiger partial charge in [-0.15, -0.1) is 11.3 Å². The lowest BCUT2D eigenvalue weighted by atomic mass is 9.70. The van der Waals surface area contributed by atoms with Crippen LogP contribution in [0.15, 0.2) is 212 Å². The monoisotopic (exact) mass is 781 g/mol. The summed E-state index contributed by atoms with van der Waals surface area (Å²) in [5.74, 6) is 1.94. The van der Waals surface area contributed by atoms with Crippen molar-refractivity contribution in [1.29, 1.82) is 0 Å². The Hall–Kier alpha value is -7.53. The van der Waals surface area contributed by atoms with Crippen molar-refractivity contribution >= 4 is 11.3 Å². The molecule has 2 aliphatic carbocycles. The second-order valence-corrected chi connectivity index (χ2v) is 16.5. The largest absolute Gasteiger partial charge is 0.208 e. The molecule has 8 aromatic carbocycles. The van der Waals surface area contributed by atoms with Crippen LogP contribution in [0.25, 0.3) is 88.4 Å². The number of aromatic nitrogens is 3. The number of fused-ring (bicyclic) bond motifs is 10. The predicted octanol–water partition coefficient (Wildman–Crippen LogP) is 14.3. The van der Waals surface area contributed by atoms with Crippen molar-refractivity contribution in [3.8, 4) is 88.4 Å². The number of benzene rings is 8. The molecular weight excluding hydrogens is 747 g/mol. The Morgan fingerprint density at radius 2 is 0.700 bits per heavy atom. The Morgan fingerprint density at radius 3 is 1.28 bits per heavy atom. The van der Waals surface area contributed by atoms with Gasteiger partial charge in [0.25, 0.3) is 0 Å². The van der Waals surface area contributed by atoms with Crippen LogP contribution in [0.5, 0.6) is 0 Å². The summed E-state index contributed by atoms with van der Waals surface area (Å²) in [6.07, 6.45) is 0. The molecule has 0 saturated carbocycles. The molecule has 1 atom stereocenters. The van der Waals surface area contributed by atoms with Crippen LogP contribution in [0.1, 0.15) is 22.3 Å². The standard InChI is InChI=1S/C56H35N3S/c1-5-19-36(20-6-1)51-49-44-30-14-16-33-46(44)56(50(49)52(60-51)37-21-7-2-8-22-37)45-32-15-13-29-43(45)48-42(31-18-34-47(48)56)40-27-17-28-41(35-40)55-58-53(38-23-9-3-10-24-38)57-54(59-55)39-25-11-4-12-26-39/h1-35H. The molecule has 60 heavy (non-hydrogen) atoms. The normalized spacial score (nSPS) is 14.4. The van der Waals surface area contributed by atoms with Gasteiger partial charge in [-0.05, 0) is 67.3 Å². The van der Waals surface area contributed by atoms with Crippen molar-refractivity contribution in [3.05, 3.63) is 235 Å². The summed E-state index contributed by atoms with van der Waals surface area (Å²) < 4.78 is 0. The van der Waals surface area contributed by atoms with Crippen LogP contribution in [0.2, 0.25) is 0 Å². The molecule has 4 heteroatoms. The van der Waals surface area contributed by atoms with Crippen molar-refractivity contribution in [3.63, 3.8) is 0 Å². The fourth-order valence-corrected chi connectivity index (χ4v) is 11.1. The highest BCUT2D eigenvalue weighted by molar-refractivity contribution is 7.19. The molecule has 0 fully saturated rings. The van der Waals surface area contributed by atoms with E-state index in [9.17, 15) is 0 Å². The Kier molecular flexibility index (Phi) is 7.94.